The van der Waals surface area contributed by atoms with Crippen molar-refractivity contribution in [2.45, 2.75) is 119 Å². The minimum Gasteiger partial charge on any atom is -0.435 e. The summed E-state index contributed by atoms with van der Waals surface area (Å²) < 4.78 is 5.11. The summed E-state index contributed by atoms with van der Waals surface area (Å²) in [4.78, 5) is 11.1. The number of esters is 1. The van der Waals surface area contributed by atoms with Crippen LogP contribution in [0.3, 0.4) is 0 Å². The van der Waals surface area contributed by atoms with Crippen molar-refractivity contribution in [1.29, 1.82) is 0 Å². The third-order valence-corrected chi connectivity index (χ3v) is 11.6. The van der Waals surface area contributed by atoms with Gasteiger partial charge in [0.05, 0.1) is 6.26 Å². The molecule has 9 atom stereocenters. The number of hydrogen-bond acceptors (Lipinski definition) is 2. The summed E-state index contributed by atoms with van der Waals surface area (Å²) in [5.41, 5.74) is 2.43. The fraction of sp³-hybridized carbons (Fsp3) is 0.900. The van der Waals surface area contributed by atoms with Crippen LogP contribution >= 0.6 is 0 Å². The van der Waals surface area contributed by atoms with Gasteiger partial charge in [-0.2, -0.15) is 0 Å². The molecule has 0 amide bonds. The Morgan fingerprint density at radius 1 is 0.906 bits per heavy atom. The van der Waals surface area contributed by atoms with Gasteiger partial charge in [0.2, 0.25) is 0 Å². The molecule has 0 aromatic carbocycles. The van der Waals surface area contributed by atoms with Gasteiger partial charge in [-0.1, -0.05) is 40.5 Å². The number of rotatable bonds is 6. The smallest absolute Gasteiger partial charge is 0.307 e. The number of ether oxygens (including phenoxy) is 1. The number of carbonyl (C=O) groups is 1. The molecule has 32 heavy (non-hydrogen) atoms. The van der Waals surface area contributed by atoms with E-state index in [4.69, 9.17) is 4.74 Å². The van der Waals surface area contributed by atoms with E-state index < -0.39 is 0 Å². The van der Waals surface area contributed by atoms with Gasteiger partial charge < -0.3 is 4.74 Å². The van der Waals surface area contributed by atoms with Crippen molar-refractivity contribution >= 4 is 5.97 Å². The second kappa shape index (κ2) is 9.46. The Morgan fingerprint density at radius 2 is 1.66 bits per heavy atom. The minimum atomic E-state index is -0.221. The Balaban J connectivity index is 1.39. The van der Waals surface area contributed by atoms with E-state index in [1.807, 2.05) is 0 Å². The first-order valence-electron chi connectivity index (χ1n) is 14.0. The van der Waals surface area contributed by atoms with E-state index in [1.54, 1.807) is 6.26 Å². The Kier molecular flexibility index (Phi) is 7.19. The van der Waals surface area contributed by atoms with Crippen LogP contribution in [0.2, 0.25) is 0 Å². The van der Waals surface area contributed by atoms with E-state index in [0.29, 0.717) is 16.7 Å². The van der Waals surface area contributed by atoms with Crippen LogP contribution in [0.25, 0.3) is 0 Å². The average molecular weight is 443 g/mol. The summed E-state index contributed by atoms with van der Waals surface area (Å²) in [6.45, 7) is 13.8. The standard InChI is InChI=1S/C30H50O2/c1-20(22(3)19-32-23(4)31)10-11-21(2)26-14-15-27-25-13-12-24-9-7-8-17-29(24,5)28(25)16-18-30(26,27)6/h19-21,24-28H,7-18H2,1-6H3/t20-,21+,24?,25-,26+,27-,28-,29-,30+/m0/s1. The van der Waals surface area contributed by atoms with E-state index in [0.717, 1.165) is 35.5 Å². The Bertz CT molecular complexity index is 710. The third-order valence-electron chi connectivity index (χ3n) is 11.6. The molecule has 0 aromatic heterocycles. The molecule has 4 aliphatic rings. The Morgan fingerprint density at radius 3 is 2.41 bits per heavy atom. The molecular weight excluding hydrogens is 392 g/mol. The summed E-state index contributed by atoms with van der Waals surface area (Å²) in [6, 6.07) is 0. The van der Waals surface area contributed by atoms with Crippen LogP contribution < -0.4 is 0 Å². The largest absolute Gasteiger partial charge is 0.435 e. The lowest BCUT2D eigenvalue weighted by Crippen LogP contribution is -2.53. The molecule has 1 unspecified atom stereocenters. The highest BCUT2D eigenvalue weighted by atomic mass is 16.5. The van der Waals surface area contributed by atoms with Crippen LogP contribution in [-0.2, 0) is 9.53 Å². The highest BCUT2D eigenvalue weighted by molar-refractivity contribution is 5.66. The molecule has 2 heteroatoms. The van der Waals surface area contributed by atoms with Gasteiger partial charge in [0.1, 0.15) is 0 Å². The SMILES string of the molecule is CC(=O)OC=C(C)[C@@H](C)CC[C@@H](C)[C@H]1CC[C@H]2[C@@H]3CCC4CCCC[C@]4(C)[C@H]3CC[C@]12C. The van der Waals surface area contributed by atoms with Crippen LogP contribution in [0.5, 0.6) is 0 Å². The van der Waals surface area contributed by atoms with Crippen molar-refractivity contribution < 1.29 is 9.53 Å². The minimum absolute atomic E-state index is 0.221. The van der Waals surface area contributed by atoms with Crippen molar-refractivity contribution in [3.05, 3.63) is 11.8 Å². The van der Waals surface area contributed by atoms with E-state index in [1.165, 1.54) is 89.5 Å². The molecular formula is C30H50O2. The normalized spacial score (nSPS) is 43.6. The molecule has 2 nitrogen and oxygen atoms in total. The van der Waals surface area contributed by atoms with Crippen LogP contribution in [0.4, 0.5) is 0 Å². The maximum atomic E-state index is 11.1. The number of fused-ring (bicyclic) bond motifs is 5. The maximum absolute atomic E-state index is 11.1. The first-order chi connectivity index (χ1) is 15.2. The zero-order chi connectivity index (χ0) is 23.1. The summed E-state index contributed by atoms with van der Waals surface area (Å²) >= 11 is 0. The monoisotopic (exact) mass is 442 g/mol. The predicted octanol–water partition coefficient (Wildman–Crippen LogP) is 8.55. The second-order valence-electron chi connectivity index (χ2n) is 13.1. The zero-order valence-electron chi connectivity index (χ0n) is 21.9. The van der Waals surface area contributed by atoms with E-state index in [-0.39, 0.29) is 5.97 Å². The van der Waals surface area contributed by atoms with Gasteiger partial charge in [0.15, 0.2) is 0 Å². The third kappa shape index (κ3) is 4.34. The Labute approximate surface area is 198 Å². The maximum Gasteiger partial charge on any atom is 0.307 e. The van der Waals surface area contributed by atoms with E-state index in [2.05, 4.69) is 34.6 Å². The van der Waals surface area contributed by atoms with Crippen molar-refractivity contribution in [3.8, 4) is 0 Å². The Hall–Kier alpha value is -0.790. The number of allylic oxidation sites excluding steroid dienone is 1. The quantitative estimate of drug-likeness (QED) is 0.304. The molecule has 0 radical (unpaired) electrons. The van der Waals surface area contributed by atoms with E-state index in [9.17, 15) is 4.79 Å². The van der Waals surface area contributed by atoms with Gasteiger partial charge in [-0.25, -0.2) is 0 Å². The van der Waals surface area contributed by atoms with Gasteiger partial charge in [-0.05, 0) is 129 Å². The van der Waals surface area contributed by atoms with Crippen molar-refractivity contribution in [3.63, 3.8) is 0 Å². The zero-order valence-corrected chi connectivity index (χ0v) is 21.9. The molecule has 182 valence electrons. The molecule has 4 saturated carbocycles. The van der Waals surface area contributed by atoms with Gasteiger partial charge in [-0.15, -0.1) is 0 Å². The average Bonchev–Trinajstić information content (AvgIpc) is 3.12. The fourth-order valence-corrected chi connectivity index (χ4v) is 9.50. The molecule has 4 aliphatic carbocycles. The van der Waals surface area contributed by atoms with E-state index >= 15 is 0 Å². The molecule has 0 aliphatic heterocycles. The molecule has 4 rings (SSSR count). The van der Waals surface area contributed by atoms with Crippen LogP contribution in [0, 0.1) is 52.3 Å². The second-order valence-corrected chi connectivity index (χ2v) is 13.1. The van der Waals surface area contributed by atoms with Crippen LogP contribution in [-0.4, -0.2) is 5.97 Å². The summed E-state index contributed by atoms with van der Waals surface area (Å²) in [5, 5.41) is 0. The topological polar surface area (TPSA) is 26.3 Å². The molecule has 0 N–H and O–H groups in total. The van der Waals surface area contributed by atoms with Gasteiger partial charge in [0.25, 0.3) is 0 Å². The lowest BCUT2D eigenvalue weighted by molar-refractivity contribution is -0.135. The number of hydrogen-bond donors (Lipinski definition) is 0. The molecule has 0 heterocycles. The molecule has 0 spiro atoms. The van der Waals surface area contributed by atoms with Crippen molar-refractivity contribution in [2.75, 3.05) is 0 Å². The van der Waals surface area contributed by atoms with Gasteiger partial charge >= 0.3 is 5.97 Å². The van der Waals surface area contributed by atoms with Gasteiger partial charge in [0, 0.05) is 6.92 Å². The first kappa shape index (κ1) is 24.3. The molecule has 0 aromatic rings. The van der Waals surface area contributed by atoms with Crippen molar-refractivity contribution in [2.24, 2.45) is 52.3 Å². The summed E-state index contributed by atoms with van der Waals surface area (Å²) in [5.74, 6) is 6.00. The lowest BCUT2D eigenvalue weighted by atomic mass is 9.44. The van der Waals surface area contributed by atoms with Crippen molar-refractivity contribution in [1.82, 2.24) is 0 Å². The molecule has 0 saturated heterocycles. The lowest BCUT2D eigenvalue weighted by Gasteiger charge is -2.61. The highest BCUT2D eigenvalue weighted by Gasteiger charge is 2.60. The summed E-state index contributed by atoms with van der Waals surface area (Å²) in [6.07, 6.45) is 19.2. The van der Waals surface area contributed by atoms with Gasteiger partial charge in [-0.3, -0.25) is 4.79 Å². The van der Waals surface area contributed by atoms with Crippen LogP contribution in [0.15, 0.2) is 11.8 Å². The first-order valence-corrected chi connectivity index (χ1v) is 14.0. The fourth-order valence-electron chi connectivity index (χ4n) is 9.50. The highest BCUT2D eigenvalue weighted by Crippen LogP contribution is 2.68. The van der Waals surface area contributed by atoms with Crippen LogP contribution in [0.1, 0.15) is 119 Å². The predicted molar refractivity (Wildman–Crippen MR) is 133 cm³/mol. The molecule has 0 bridgehead atoms. The molecule has 4 fully saturated rings. The number of carbonyl (C=O) groups excluding carboxylic acids is 1. The summed E-state index contributed by atoms with van der Waals surface area (Å²) in [7, 11) is 0.